The number of benzene rings is 2. The molecule has 1 aliphatic heterocycles. The van der Waals surface area contributed by atoms with Gasteiger partial charge in [0.05, 0.1) is 11.3 Å². The molecular formula is C17H12BrNO3. The van der Waals surface area contributed by atoms with Crippen LogP contribution in [0.2, 0.25) is 0 Å². The van der Waals surface area contributed by atoms with Crippen molar-refractivity contribution in [2.24, 2.45) is 0 Å². The Morgan fingerprint density at radius 3 is 2.50 bits per heavy atom. The van der Waals surface area contributed by atoms with E-state index in [4.69, 9.17) is 5.11 Å². The summed E-state index contributed by atoms with van der Waals surface area (Å²) in [6.45, 7) is 0. The number of hydrogen-bond donors (Lipinski definition) is 1. The van der Waals surface area contributed by atoms with E-state index < -0.39 is 5.97 Å². The quantitative estimate of drug-likeness (QED) is 0.834. The predicted octanol–water partition coefficient (Wildman–Crippen LogP) is 3.66. The minimum absolute atomic E-state index is 0.0737. The van der Waals surface area contributed by atoms with Crippen LogP contribution in [0.4, 0.5) is 5.69 Å². The SMILES string of the molecule is CN1C(=O)C(=Cc2ccc(C(=O)O)cc2)c2cc(Br)ccc21. The lowest BCUT2D eigenvalue weighted by atomic mass is 10.0. The third-order valence-corrected chi connectivity index (χ3v) is 4.11. The summed E-state index contributed by atoms with van der Waals surface area (Å²) in [5.74, 6) is -1.04. The largest absolute Gasteiger partial charge is 0.478 e. The van der Waals surface area contributed by atoms with E-state index in [0.29, 0.717) is 5.57 Å². The molecule has 1 heterocycles. The smallest absolute Gasteiger partial charge is 0.335 e. The van der Waals surface area contributed by atoms with Crippen molar-refractivity contribution in [3.8, 4) is 0 Å². The Kier molecular flexibility index (Phi) is 3.58. The Morgan fingerprint density at radius 1 is 1.18 bits per heavy atom. The number of hydrogen-bond acceptors (Lipinski definition) is 2. The van der Waals surface area contributed by atoms with Crippen LogP contribution in [0.25, 0.3) is 11.6 Å². The lowest BCUT2D eigenvalue weighted by Crippen LogP contribution is -2.20. The lowest BCUT2D eigenvalue weighted by Gasteiger charge is -2.08. The molecule has 1 amide bonds. The van der Waals surface area contributed by atoms with Gasteiger partial charge in [-0.15, -0.1) is 0 Å². The number of likely N-dealkylation sites (N-methyl/N-ethyl adjacent to an activating group) is 1. The lowest BCUT2D eigenvalue weighted by molar-refractivity contribution is -0.112. The maximum atomic E-state index is 12.4. The number of carboxylic acids is 1. The van der Waals surface area contributed by atoms with Gasteiger partial charge >= 0.3 is 5.97 Å². The van der Waals surface area contributed by atoms with Gasteiger partial charge in [-0.3, -0.25) is 4.79 Å². The average Bonchev–Trinajstić information content (AvgIpc) is 2.72. The summed E-state index contributed by atoms with van der Waals surface area (Å²) in [5, 5.41) is 8.92. The topological polar surface area (TPSA) is 57.6 Å². The van der Waals surface area contributed by atoms with E-state index >= 15 is 0 Å². The van der Waals surface area contributed by atoms with Crippen molar-refractivity contribution in [2.75, 3.05) is 11.9 Å². The van der Waals surface area contributed by atoms with Crippen molar-refractivity contribution in [2.45, 2.75) is 0 Å². The number of carboxylic acid groups (broad SMARTS) is 1. The molecule has 3 rings (SSSR count). The van der Waals surface area contributed by atoms with Gasteiger partial charge in [0, 0.05) is 22.7 Å². The zero-order chi connectivity index (χ0) is 15.9. The number of aromatic carboxylic acids is 1. The molecule has 1 N–H and O–H groups in total. The van der Waals surface area contributed by atoms with Crippen molar-refractivity contribution in [3.63, 3.8) is 0 Å². The van der Waals surface area contributed by atoms with E-state index in [9.17, 15) is 9.59 Å². The van der Waals surface area contributed by atoms with E-state index in [1.54, 1.807) is 30.2 Å². The molecule has 2 aromatic rings. The molecule has 0 spiro atoms. The summed E-state index contributed by atoms with van der Waals surface area (Å²) in [6, 6.07) is 12.1. The molecule has 110 valence electrons. The van der Waals surface area contributed by atoms with Crippen LogP contribution >= 0.6 is 15.9 Å². The number of rotatable bonds is 2. The van der Waals surface area contributed by atoms with Crippen LogP contribution in [0.15, 0.2) is 46.9 Å². The molecule has 0 fully saturated rings. The third-order valence-electron chi connectivity index (χ3n) is 3.61. The normalized spacial score (nSPS) is 15.3. The number of anilines is 1. The van der Waals surface area contributed by atoms with Crippen LogP contribution in [0.5, 0.6) is 0 Å². The highest BCUT2D eigenvalue weighted by Crippen LogP contribution is 2.38. The first-order valence-corrected chi connectivity index (χ1v) is 7.40. The summed E-state index contributed by atoms with van der Waals surface area (Å²) in [4.78, 5) is 24.9. The monoisotopic (exact) mass is 357 g/mol. The highest BCUT2D eigenvalue weighted by Gasteiger charge is 2.29. The molecule has 2 aromatic carbocycles. The minimum Gasteiger partial charge on any atom is -0.478 e. The molecule has 22 heavy (non-hydrogen) atoms. The van der Waals surface area contributed by atoms with Crippen molar-refractivity contribution >= 4 is 45.1 Å². The number of halogens is 1. The maximum Gasteiger partial charge on any atom is 0.335 e. The van der Waals surface area contributed by atoms with Crippen LogP contribution in [0, 0.1) is 0 Å². The van der Waals surface area contributed by atoms with Crippen LogP contribution in [0.1, 0.15) is 21.5 Å². The van der Waals surface area contributed by atoms with E-state index in [2.05, 4.69) is 15.9 Å². The second kappa shape index (κ2) is 5.42. The van der Waals surface area contributed by atoms with Gasteiger partial charge in [0.25, 0.3) is 5.91 Å². The summed E-state index contributed by atoms with van der Waals surface area (Å²) in [6.07, 6.45) is 1.78. The van der Waals surface area contributed by atoms with Gasteiger partial charge in [-0.05, 0) is 42.0 Å². The number of carbonyl (C=O) groups excluding carboxylic acids is 1. The Hall–Kier alpha value is -2.40. The molecule has 0 atom stereocenters. The third kappa shape index (κ3) is 2.44. The summed E-state index contributed by atoms with van der Waals surface area (Å²) in [7, 11) is 1.74. The summed E-state index contributed by atoms with van der Waals surface area (Å²) in [5.41, 5.74) is 3.34. The fraction of sp³-hybridized carbons (Fsp3) is 0.0588. The molecule has 0 saturated carbocycles. The van der Waals surface area contributed by atoms with Gasteiger partial charge in [-0.2, -0.15) is 0 Å². The highest BCUT2D eigenvalue weighted by molar-refractivity contribution is 9.10. The number of nitrogens with zero attached hydrogens (tertiary/aromatic N) is 1. The molecule has 0 unspecified atom stereocenters. The second-order valence-electron chi connectivity index (χ2n) is 5.01. The minimum atomic E-state index is -0.967. The molecule has 0 saturated heterocycles. The van der Waals surface area contributed by atoms with Crippen LogP contribution in [0.3, 0.4) is 0 Å². The van der Waals surface area contributed by atoms with Gasteiger partial charge in [-0.1, -0.05) is 28.1 Å². The van der Waals surface area contributed by atoms with Crippen molar-refractivity contribution in [1.29, 1.82) is 0 Å². The molecule has 0 radical (unpaired) electrons. The molecule has 1 aliphatic rings. The van der Waals surface area contributed by atoms with E-state index in [-0.39, 0.29) is 11.5 Å². The van der Waals surface area contributed by atoms with Crippen LogP contribution in [-0.2, 0) is 4.79 Å². The Morgan fingerprint density at radius 2 is 1.86 bits per heavy atom. The van der Waals surface area contributed by atoms with E-state index in [0.717, 1.165) is 21.3 Å². The molecule has 0 aromatic heterocycles. The standard InChI is InChI=1S/C17H12BrNO3/c1-19-15-7-6-12(18)9-13(15)14(16(19)20)8-10-2-4-11(5-3-10)17(21)22/h2-9H,1H3,(H,21,22). The van der Waals surface area contributed by atoms with Gasteiger partial charge in [0.2, 0.25) is 0 Å². The predicted molar refractivity (Wildman–Crippen MR) is 88.8 cm³/mol. The highest BCUT2D eigenvalue weighted by atomic mass is 79.9. The fourth-order valence-corrected chi connectivity index (χ4v) is 2.81. The van der Waals surface area contributed by atoms with Crippen molar-refractivity contribution < 1.29 is 14.7 Å². The van der Waals surface area contributed by atoms with E-state index in [1.807, 2.05) is 18.2 Å². The molecule has 0 bridgehead atoms. The molecule has 5 heteroatoms. The Labute approximate surface area is 135 Å². The Bertz CT molecular complexity index is 809. The maximum absolute atomic E-state index is 12.4. The second-order valence-corrected chi connectivity index (χ2v) is 5.93. The first-order chi connectivity index (χ1) is 10.5. The first-order valence-electron chi connectivity index (χ1n) is 6.60. The van der Waals surface area contributed by atoms with E-state index in [1.165, 1.54) is 12.1 Å². The fourth-order valence-electron chi connectivity index (χ4n) is 2.45. The van der Waals surface area contributed by atoms with Crippen molar-refractivity contribution in [3.05, 3.63) is 63.6 Å². The van der Waals surface area contributed by atoms with Crippen molar-refractivity contribution in [1.82, 2.24) is 0 Å². The number of fused-ring (bicyclic) bond motifs is 1. The van der Waals surface area contributed by atoms with Gasteiger partial charge in [0.1, 0.15) is 0 Å². The molecule has 0 aliphatic carbocycles. The van der Waals surface area contributed by atoms with Gasteiger partial charge < -0.3 is 10.0 Å². The number of carbonyl (C=O) groups is 2. The zero-order valence-electron chi connectivity index (χ0n) is 11.7. The van der Waals surface area contributed by atoms with Crippen LogP contribution in [-0.4, -0.2) is 24.0 Å². The summed E-state index contributed by atoms with van der Waals surface area (Å²) < 4.78 is 0.904. The summed E-state index contributed by atoms with van der Waals surface area (Å²) >= 11 is 3.42. The van der Waals surface area contributed by atoms with Gasteiger partial charge in [-0.25, -0.2) is 4.79 Å². The first kappa shape index (κ1) is 14.5. The van der Waals surface area contributed by atoms with Gasteiger partial charge in [0.15, 0.2) is 0 Å². The Balaban J connectivity index is 2.06. The zero-order valence-corrected chi connectivity index (χ0v) is 13.3. The van der Waals surface area contributed by atoms with Crippen LogP contribution < -0.4 is 4.90 Å². The average molecular weight is 358 g/mol. The molecule has 4 nitrogen and oxygen atoms in total. The molecular weight excluding hydrogens is 346 g/mol. The number of amides is 1.